The number of benzene rings is 1. The largest absolute Gasteiger partial charge is 0.365 e. The van der Waals surface area contributed by atoms with Gasteiger partial charge in [-0.1, -0.05) is 13.0 Å². The molecule has 2 amide bonds. The summed E-state index contributed by atoms with van der Waals surface area (Å²) < 4.78 is 0. The van der Waals surface area contributed by atoms with E-state index in [0.29, 0.717) is 16.5 Å². The van der Waals surface area contributed by atoms with E-state index in [9.17, 15) is 19.7 Å². The quantitative estimate of drug-likeness (QED) is 0.644. The number of anilines is 1. The number of primary amides is 1. The van der Waals surface area contributed by atoms with Crippen LogP contribution in [0.2, 0.25) is 0 Å². The molecular formula is C17H17N3O4S. The first kappa shape index (κ1) is 17.1. The van der Waals surface area contributed by atoms with Crippen LogP contribution in [0, 0.1) is 16.0 Å². The summed E-state index contributed by atoms with van der Waals surface area (Å²) in [5.41, 5.74) is 6.81. The van der Waals surface area contributed by atoms with Gasteiger partial charge in [-0.2, -0.15) is 0 Å². The zero-order chi connectivity index (χ0) is 18.1. The molecule has 0 unspecified atom stereocenters. The Balaban J connectivity index is 1.93. The van der Waals surface area contributed by atoms with E-state index in [1.54, 1.807) is 0 Å². The van der Waals surface area contributed by atoms with Crippen molar-refractivity contribution >= 4 is 33.8 Å². The van der Waals surface area contributed by atoms with E-state index in [-0.39, 0.29) is 11.3 Å². The van der Waals surface area contributed by atoms with E-state index in [1.807, 2.05) is 0 Å². The van der Waals surface area contributed by atoms with Gasteiger partial charge >= 0.3 is 0 Å². The molecule has 0 spiro atoms. The van der Waals surface area contributed by atoms with Crippen LogP contribution in [0.3, 0.4) is 0 Å². The van der Waals surface area contributed by atoms with Crippen LogP contribution in [-0.2, 0) is 12.8 Å². The maximum absolute atomic E-state index is 12.5. The van der Waals surface area contributed by atoms with E-state index in [0.717, 1.165) is 29.7 Å². The maximum atomic E-state index is 12.5. The highest BCUT2D eigenvalue weighted by Crippen LogP contribution is 2.39. The first-order valence-corrected chi connectivity index (χ1v) is 8.68. The van der Waals surface area contributed by atoms with Crippen LogP contribution in [0.4, 0.5) is 10.7 Å². The molecular weight excluding hydrogens is 342 g/mol. The molecule has 1 heterocycles. The van der Waals surface area contributed by atoms with Crippen molar-refractivity contribution in [3.63, 3.8) is 0 Å². The van der Waals surface area contributed by atoms with Gasteiger partial charge in [0.05, 0.1) is 10.5 Å². The number of carbonyl (C=O) groups excluding carboxylic acids is 2. The highest BCUT2D eigenvalue weighted by atomic mass is 32.1. The molecule has 1 atom stereocenters. The van der Waals surface area contributed by atoms with E-state index in [1.165, 1.54) is 35.6 Å². The van der Waals surface area contributed by atoms with E-state index in [4.69, 9.17) is 5.73 Å². The summed E-state index contributed by atoms with van der Waals surface area (Å²) in [4.78, 5) is 35.7. The fraction of sp³-hybridized carbons (Fsp3) is 0.294. The van der Waals surface area contributed by atoms with Gasteiger partial charge in [0.25, 0.3) is 17.5 Å². The van der Waals surface area contributed by atoms with Crippen molar-refractivity contribution in [3.8, 4) is 0 Å². The molecule has 7 nitrogen and oxygen atoms in total. The van der Waals surface area contributed by atoms with Gasteiger partial charge in [-0.3, -0.25) is 19.7 Å². The van der Waals surface area contributed by atoms with Crippen molar-refractivity contribution in [2.45, 2.75) is 26.2 Å². The summed E-state index contributed by atoms with van der Waals surface area (Å²) in [5, 5.41) is 14.0. The minimum atomic E-state index is -0.569. The number of nitro groups is 1. The molecule has 0 radical (unpaired) electrons. The lowest BCUT2D eigenvalue weighted by Gasteiger charge is -2.18. The van der Waals surface area contributed by atoms with Crippen molar-refractivity contribution < 1.29 is 14.5 Å². The highest BCUT2D eigenvalue weighted by molar-refractivity contribution is 7.17. The summed E-state index contributed by atoms with van der Waals surface area (Å²) in [6.45, 7) is 2.12. The maximum Gasteiger partial charge on any atom is 0.270 e. The van der Waals surface area contributed by atoms with Gasteiger partial charge in [-0.05, 0) is 36.8 Å². The number of amides is 2. The first-order valence-electron chi connectivity index (χ1n) is 7.87. The zero-order valence-electron chi connectivity index (χ0n) is 13.6. The molecule has 0 saturated carbocycles. The summed E-state index contributed by atoms with van der Waals surface area (Å²) in [6, 6.07) is 5.46. The standard InChI is InChI=1S/C17H17N3O4S/c1-9-5-6-13-12(7-9)14(15(18)21)17(25-13)19-16(22)10-3-2-4-11(8-10)20(23)24/h2-4,8-9H,5-7H2,1H3,(H2,18,21)(H,19,22)/t9-/m1/s1. The number of hydrogen-bond acceptors (Lipinski definition) is 5. The summed E-state index contributed by atoms with van der Waals surface area (Å²) in [5.74, 6) is -0.612. The van der Waals surface area contributed by atoms with Crippen molar-refractivity contribution in [2.24, 2.45) is 11.7 Å². The van der Waals surface area contributed by atoms with Gasteiger partial charge in [0.1, 0.15) is 5.00 Å². The second-order valence-corrected chi connectivity index (χ2v) is 7.29. The molecule has 0 saturated heterocycles. The normalized spacial score (nSPS) is 16.1. The number of non-ortho nitro benzene ring substituents is 1. The van der Waals surface area contributed by atoms with Gasteiger partial charge < -0.3 is 11.1 Å². The van der Waals surface area contributed by atoms with Crippen LogP contribution in [0.5, 0.6) is 0 Å². The number of fused-ring (bicyclic) bond motifs is 1. The number of rotatable bonds is 4. The number of nitrogens with two attached hydrogens (primary N) is 1. The molecule has 130 valence electrons. The third-order valence-electron chi connectivity index (χ3n) is 4.30. The third-order valence-corrected chi connectivity index (χ3v) is 5.51. The van der Waals surface area contributed by atoms with Crippen LogP contribution < -0.4 is 11.1 Å². The molecule has 1 aliphatic rings. The predicted octanol–water partition coefficient (Wildman–Crippen LogP) is 3.13. The molecule has 3 rings (SSSR count). The number of nitro benzene ring substituents is 1. The lowest BCUT2D eigenvalue weighted by atomic mass is 9.87. The minimum Gasteiger partial charge on any atom is -0.365 e. The van der Waals surface area contributed by atoms with Gasteiger partial charge in [0.2, 0.25) is 0 Å². The Morgan fingerprint density at radius 3 is 2.84 bits per heavy atom. The molecule has 0 fully saturated rings. The Labute approximate surface area is 148 Å². The number of nitrogens with zero attached hydrogens (tertiary/aromatic N) is 1. The predicted molar refractivity (Wildman–Crippen MR) is 95.1 cm³/mol. The minimum absolute atomic E-state index is 0.157. The molecule has 3 N–H and O–H groups in total. The van der Waals surface area contributed by atoms with E-state index in [2.05, 4.69) is 12.2 Å². The van der Waals surface area contributed by atoms with Crippen molar-refractivity contribution in [1.29, 1.82) is 0 Å². The van der Waals surface area contributed by atoms with Crippen molar-refractivity contribution in [1.82, 2.24) is 0 Å². The smallest absolute Gasteiger partial charge is 0.270 e. The number of carbonyl (C=O) groups is 2. The Morgan fingerprint density at radius 2 is 2.16 bits per heavy atom. The molecule has 1 aliphatic carbocycles. The number of hydrogen-bond donors (Lipinski definition) is 2. The van der Waals surface area contributed by atoms with Gasteiger partial charge in [-0.15, -0.1) is 11.3 Å². The van der Waals surface area contributed by atoms with Gasteiger partial charge in [0.15, 0.2) is 0 Å². The summed E-state index contributed by atoms with van der Waals surface area (Å²) in [7, 11) is 0. The number of aryl methyl sites for hydroxylation is 1. The Kier molecular flexibility index (Phi) is 4.54. The molecule has 1 aromatic carbocycles. The van der Waals surface area contributed by atoms with E-state index >= 15 is 0 Å². The van der Waals surface area contributed by atoms with Crippen LogP contribution >= 0.6 is 11.3 Å². The molecule has 25 heavy (non-hydrogen) atoms. The lowest BCUT2D eigenvalue weighted by molar-refractivity contribution is -0.384. The fourth-order valence-corrected chi connectivity index (χ4v) is 4.29. The SMILES string of the molecule is C[C@@H]1CCc2sc(NC(=O)c3cccc([N+](=O)[O-])c3)c(C(N)=O)c2C1. The molecule has 0 aliphatic heterocycles. The summed E-state index contributed by atoms with van der Waals surface area (Å²) in [6.07, 6.45) is 2.65. The monoisotopic (exact) mass is 359 g/mol. The topological polar surface area (TPSA) is 115 Å². The highest BCUT2D eigenvalue weighted by Gasteiger charge is 2.27. The first-order chi connectivity index (χ1) is 11.9. The van der Waals surface area contributed by atoms with Crippen LogP contribution in [0.15, 0.2) is 24.3 Å². The fourth-order valence-electron chi connectivity index (χ4n) is 3.04. The molecule has 2 aromatic rings. The van der Waals surface area contributed by atoms with E-state index < -0.39 is 16.7 Å². The van der Waals surface area contributed by atoms with Gasteiger partial charge in [-0.25, -0.2) is 0 Å². The zero-order valence-corrected chi connectivity index (χ0v) is 14.4. The second kappa shape index (κ2) is 6.64. The van der Waals surface area contributed by atoms with Crippen LogP contribution in [0.1, 0.15) is 44.5 Å². The second-order valence-electron chi connectivity index (χ2n) is 6.18. The van der Waals surface area contributed by atoms with Crippen LogP contribution in [0.25, 0.3) is 0 Å². The van der Waals surface area contributed by atoms with Crippen LogP contribution in [-0.4, -0.2) is 16.7 Å². The third kappa shape index (κ3) is 3.39. The van der Waals surface area contributed by atoms with Crippen molar-refractivity contribution in [3.05, 3.63) is 55.9 Å². The number of thiophene rings is 1. The molecule has 0 bridgehead atoms. The Morgan fingerprint density at radius 1 is 1.40 bits per heavy atom. The summed E-state index contributed by atoms with van der Waals surface area (Å²) >= 11 is 1.36. The number of nitrogens with one attached hydrogen (secondary N) is 1. The Bertz CT molecular complexity index is 875. The Hall–Kier alpha value is -2.74. The molecule has 1 aromatic heterocycles. The molecule has 8 heteroatoms. The average Bonchev–Trinajstić information content (AvgIpc) is 2.92. The van der Waals surface area contributed by atoms with Crippen molar-refractivity contribution in [2.75, 3.05) is 5.32 Å². The lowest BCUT2D eigenvalue weighted by Crippen LogP contribution is -2.19. The average molecular weight is 359 g/mol. The van der Waals surface area contributed by atoms with Gasteiger partial charge in [0, 0.05) is 22.6 Å².